The van der Waals surface area contributed by atoms with Crippen molar-refractivity contribution in [2.24, 2.45) is 15.5 Å². The van der Waals surface area contributed by atoms with E-state index in [1.54, 1.807) is 0 Å². The quantitative estimate of drug-likeness (QED) is 0.761. The Kier molecular flexibility index (Phi) is 3.59. The molecule has 2 heterocycles. The summed E-state index contributed by atoms with van der Waals surface area (Å²) in [5.41, 5.74) is 9.68. The van der Waals surface area contributed by atoms with Gasteiger partial charge in [0.05, 0.1) is 18.8 Å². The fraction of sp³-hybridized carbons (Fsp3) is 0.474. The van der Waals surface area contributed by atoms with Crippen molar-refractivity contribution in [3.63, 3.8) is 0 Å². The van der Waals surface area contributed by atoms with Gasteiger partial charge in [0.1, 0.15) is 5.84 Å². The molecule has 1 aromatic heterocycles. The molecule has 5 nitrogen and oxygen atoms in total. The average Bonchev–Trinajstić information content (AvgIpc) is 3.12. The summed E-state index contributed by atoms with van der Waals surface area (Å²) in [5, 5.41) is 9.32. The van der Waals surface area contributed by atoms with Gasteiger partial charge in [-0.2, -0.15) is 5.10 Å². The molecule has 126 valence electrons. The molecule has 0 saturated carbocycles. The molecule has 0 radical (unpaired) electrons. The van der Waals surface area contributed by atoms with E-state index in [1.807, 2.05) is 0 Å². The summed E-state index contributed by atoms with van der Waals surface area (Å²) >= 11 is 0. The van der Waals surface area contributed by atoms with Gasteiger partial charge in [0.2, 0.25) is 0 Å². The molecule has 1 aromatic carbocycles. The lowest BCUT2D eigenvalue weighted by Gasteiger charge is -2.30. The number of hydrazone groups is 1. The summed E-state index contributed by atoms with van der Waals surface area (Å²) in [6.45, 7) is 9.24. The highest BCUT2D eigenvalue weighted by Crippen LogP contribution is 2.38. The lowest BCUT2D eigenvalue weighted by molar-refractivity contribution is 0.368. The number of benzene rings is 1. The summed E-state index contributed by atoms with van der Waals surface area (Å²) in [7, 11) is 0. The Morgan fingerprint density at radius 3 is 2.96 bits per heavy atom. The van der Waals surface area contributed by atoms with Crippen molar-refractivity contribution in [1.82, 2.24) is 15.7 Å². The molecular formula is C19H25N5. The van der Waals surface area contributed by atoms with Gasteiger partial charge in [0, 0.05) is 28.7 Å². The van der Waals surface area contributed by atoms with Crippen LogP contribution < -0.4 is 10.7 Å². The molecular weight excluding hydrogens is 298 g/mol. The van der Waals surface area contributed by atoms with Crippen molar-refractivity contribution in [1.29, 1.82) is 0 Å². The van der Waals surface area contributed by atoms with Crippen LogP contribution in [-0.4, -0.2) is 36.2 Å². The van der Waals surface area contributed by atoms with Crippen LogP contribution in [0.15, 0.2) is 28.3 Å². The second-order valence-corrected chi connectivity index (χ2v) is 7.69. The zero-order chi connectivity index (χ0) is 16.7. The Labute approximate surface area is 142 Å². The van der Waals surface area contributed by atoms with Crippen LogP contribution in [0.2, 0.25) is 0 Å². The Bertz CT molecular complexity index is 841. The number of H-pyrrole nitrogens is 1. The molecule has 1 aliphatic carbocycles. The first-order chi connectivity index (χ1) is 11.5. The van der Waals surface area contributed by atoms with Crippen LogP contribution in [0.3, 0.4) is 0 Å². The molecule has 0 fully saturated rings. The molecule has 2 aliphatic rings. The SMILES string of the molecule is Cc1ccc2[nH]c3c(c2c1)C(=NNCC1=NCCN1)CC(C)(C)C3. The second kappa shape index (κ2) is 5.65. The van der Waals surface area contributed by atoms with Gasteiger partial charge < -0.3 is 15.7 Å². The number of nitrogens with zero attached hydrogens (tertiary/aromatic N) is 2. The van der Waals surface area contributed by atoms with Gasteiger partial charge in [-0.1, -0.05) is 25.5 Å². The van der Waals surface area contributed by atoms with Crippen LogP contribution in [0.5, 0.6) is 0 Å². The van der Waals surface area contributed by atoms with Crippen molar-refractivity contribution in [2.75, 3.05) is 19.6 Å². The molecule has 3 N–H and O–H groups in total. The van der Waals surface area contributed by atoms with Crippen LogP contribution in [0, 0.1) is 12.3 Å². The third-order valence-corrected chi connectivity index (χ3v) is 4.83. The number of aromatic amines is 1. The number of amidine groups is 1. The summed E-state index contributed by atoms with van der Waals surface area (Å²) in [5.74, 6) is 1.00. The highest BCUT2D eigenvalue weighted by molar-refractivity contribution is 6.13. The first-order valence-electron chi connectivity index (χ1n) is 8.70. The molecule has 0 atom stereocenters. The monoisotopic (exact) mass is 323 g/mol. The third kappa shape index (κ3) is 2.79. The van der Waals surface area contributed by atoms with E-state index in [2.05, 4.69) is 59.7 Å². The van der Waals surface area contributed by atoms with E-state index < -0.39 is 0 Å². The number of hydrogen-bond donors (Lipinski definition) is 3. The van der Waals surface area contributed by atoms with E-state index in [1.165, 1.54) is 27.7 Å². The number of fused-ring (bicyclic) bond motifs is 3. The molecule has 0 amide bonds. The number of aliphatic imine (C=N–C) groups is 1. The maximum atomic E-state index is 4.76. The molecule has 24 heavy (non-hydrogen) atoms. The maximum absolute atomic E-state index is 4.76. The van der Waals surface area contributed by atoms with Crippen LogP contribution in [0.1, 0.15) is 37.1 Å². The van der Waals surface area contributed by atoms with E-state index in [-0.39, 0.29) is 5.41 Å². The Morgan fingerprint density at radius 2 is 2.17 bits per heavy atom. The smallest absolute Gasteiger partial charge is 0.118 e. The number of nitrogens with one attached hydrogen (secondary N) is 3. The number of hydrogen-bond acceptors (Lipinski definition) is 4. The van der Waals surface area contributed by atoms with E-state index in [0.29, 0.717) is 6.54 Å². The highest BCUT2D eigenvalue weighted by atomic mass is 15.3. The summed E-state index contributed by atoms with van der Waals surface area (Å²) in [6.07, 6.45) is 2.04. The minimum Gasteiger partial charge on any atom is -0.370 e. The molecule has 1 aliphatic heterocycles. The Hall–Kier alpha value is -2.30. The third-order valence-electron chi connectivity index (χ3n) is 4.83. The Morgan fingerprint density at radius 1 is 1.29 bits per heavy atom. The van der Waals surface area contributed by atoms with Crippen molar-refractivity contribution in [3.05, 3.63) is 35.0 Å². The zero-order valence-electron chi connectivity index (χ0n) is 14.7. The largest absolute Gasteiger partial charge is 0.370 e. The normalized spacial score (nSPS) is 20.8. The highest BCUT2D eigenvalue weighted by Gasteiger charge is 2.32. The van der Waals surface area contributed by atoms with Crippen molar-refractivity contribution < 1.29 is 0 Å². The molecule has 0 bridgehead atoms. The molecule has 4 rings (SSSR count). The van der Waals surface area contributed by atoms with Gasteiger partial charge in [-0.3, -0.25) is 4.99 Å². The maximum Gasteiger partial charge on any atom is 0.118 e. The van der Waals surface area contributed by atoms with Gasteiger partial charge in [-0.05, 0) is 37.3 Å². The molecule has 0 unspecified atom stereocenters. The van der Waals surface area contributed by atoms with Gasteiger partial charge in [-0.15, -0.1) is 0 Å². The summed E-state index contributed by atoms with van der Waals surface area (Å²) in [6, 6.07) is 6.60. The molecule has 5 heteroatoms. The van der Waals surface area contributed by atoms with Crippen molar-refractivity contribution in [3.8, 4) is 0 Å². The van der Waals surface area contributed by atoms with E-state index in [9.17, 15) is 0 Å². The van der Waals surface area contributed by atoms with E-state index in [0.717, 1.165) is 37.5 Å². The van der Waals surface area contributed by atoms with E-state index >= 15 is 0 Å². The fourth-order valence-electron chi connectivity index (χ4n) is 3.78. The van der Waals surface area contributed by atoms with Gasteiger partial charge >= 0.3 is 0 Å². The molecule has 2 aromatic rings. The van der Waals surface area contributed by atoms with Crippen LogP contribution >= 0.6 is 0 Å². The van der Waals surface area contributed by atoms with Crippen molar-refractivity contribution >= 4 is 22.5 Å². The van der Waals surface area contributed by atoms with Crippen molar-refractivity contribution in [2.45, 2.75) is 33.6 Å². The molecule has 0 saturated heterocycles. The van der Waals surface area contributed by atoms with Gasteiger partial charge in [-0.25, -0.2) is 0 Å². The fourth-order valence-corrected chi connectivity index (χ4v) is 3.78. The first kappa shape index (κ1) is 15.2. The van der Waals surface area contributed by atoms with Crippen LogP contribution in [0.4, 0.5) is 0 Å². The number of rotatable bonds is 3. The lowest BCUT2D eigenvalue weighted by Crippen LogP contribution is -2.31. The van der Waals surface area contributed by atoms with Crippen LogP contribution in [0.25, 0.3) is 10.9 Å². The minimum absolute atomic E-state index is 0.215. The standard InChI is InChI=1S/C19H25N5/c1-12-4-5-14-13(8-12)18-15(23-14)9-19(2,3)10-16(18)24-22-11-17-20-6-7-21-17/h4-5,8,22-23H,6-7,9-11H2,1-3H3,(H,20,21). The predicted molar refractivity (Wildman–Crippen MR) is 100.0 cm³/mol. The topological polar surface area (TPSA) is 64.6 Å². The van der Waals surface area contributed by atoms with Crippen LogP contribution in [-0.2, 0) is 6.42 Å². The predicted octanol–water partition coefficient (Wildman–Crippen LogP) is 2.74. The number of aryl methyl sites for hydroxylation is 1. The average molecular weight is 323 g/mol. The van der Waals surface area contributed by atoms with Gasteiger partial charge in [0.15, 0.2) is 0 Å². The minimum atomic E-state index is 0.215. The summed E-state index contributed by atoms with van der Waals surface area (Å²) < 4.78 is 0. The lowest BCUT2D eigenvalue weighted by atomic mass is 9.75. The molecule has 0 spiro atoms. The van der Waals surface area contributed by atoms with Gasteiger partial charge in [0.25, 0.3) is 0 Å². The summed E-state index contributed by atoms with van der Waals surface area (Å²) in [4.78, 5) is 8.03. The second-order valence-electron chi connectivity index (χ2n) is 7.69. The Balaban J connectivity index is 1.71. The number of aromatic nitrogens is 1. The first-order valence-corrected chi connectivity index (χ1v) is 8.70. The zero-order valence-corrected chi connectivity index (χ0v) is 14.7. The van der Waals surface area contributed by atoms with E-state index in [4.69, 9.17) is 5.10 Å².